The molecular formula is C24H19ClF3N5O2S. The summed E-state index contributed by atoms with van der Waals surface area (Å²) >= 11 is 6.74. The number of carbonyl (C=O) groups excluding carboxylic acids is 1. The van der Waals surface area contributed by atoms with E-state index in [0.29, 0.717) is 23.3 Å². The Balaban J connectivity index is 1.56. The van der Waals surface area contributed by atoms with Crippen molar-refractivity contribution in [2.75, 3.05) is 17.7 Å². The van der Waals surface area contributed by atoms with Crippen LogP contribution in [0, 0.1) is 0 Å². The molecule has 0 saturated heterocycles. The third-order valence-electron chi connectivity index (χ3n) is 4.85. The van der Waals surface area contributed by atoms with Gasteiger partial charge in [-0.25, -0.2) is 0 Å². The van der Waals surface area contributed by atoms with Crippen molar-refractivity contribution in [3.05, 3.63) is 77.6 Å². The third-order valence-corrected chi connectivity index (χ3v) is 6.11. The van der Waals surface area contributed by atoms with E-state index < -0.39 is 22.7 Å². The van der Waals surface area contributed by atoms with Crippen LogP contribution in [0.4, 0.5) is 18.9 Å². The molecule has 186 valence electrons. The molecule has 0 spiro atoms. The molecule has 0 fully saturated rings. The predicted molar refractivity (Wildman–Crippen MR) is 132 cm³/mol. The summed E-state index contributed by atoms with van der Waals surface area (Å²) < 4.78 is 46.6. The summed E-state index contributed by atoms with van der Waals surface area (Å²) in [6.45, 7) is 2.42. The first-order valence-electron chi connectivity index (χ1n) is 10.6. The Morgan fingerprint density at radius 2 is 1.92 bits per heavy atom. The van der Waals surface area contributed by atoms with Gasteiger partial charge in [0, 0.05) is 29.3 Å². The van der Waals surface area contributed by atoms with Crippen LogP contribution in [-0.4, -0.2) is 38.0 Å². The second-order valence-electron chi connectivity index (χ2n) is 7.34. The fraction of sp³-hybridized carbons (Fsp3) is 0.167. The second kappa shape index (κ2) is 11.0. The first-order chi connectivity index (χ1) is 17.3. The lowest BCUT2D eigenvalue weighted by atomic mass is 10.2. The van der Waals surface area contributed by atoms with Crippen LogP contribution in [0.5, 0.6) is 5.75 Å². The molecule has 0 bridgehead atoms. The standard InChI is InChI=1S/C24H19ClF3N5O2S/c1-2-35-18-8-6-17(7-9-18)33-22(15-4-3-11-29-13-15)31-32-23(33)36-14-21(34)30-16-5-10-20(25)19(12-16)24(26,27)28/h3-13H,2,14H2,1H3,(H,30,34). The number of nitrogens with zero attached hydrogens (tertiary/aromatic N) is 4. The molecule has 7 nitrogen and oxygen atoms in total. The minimum atomic E-state index is -4.64. The van der Waals surface area contributed by atoms with E-state index in [0.717, 1.165) is 35.1 Å². The molecule has 4 aromatic rings. The Hall–Kier alpha value is -3.57. The van der Waals surface area contributed by atoms with E-state index in [9.17, 15) is 18.0 Å². The maximum absolute atomic E-state index is 13.1. The zero-order valence-electron chi connectivity index (χ0n) is 18.8. The molecule has 0 aliphatic carbocycles. The van der Waals surface area contributed by atoms with E-state index in [4.69, 9.17) is 16.3 Å². The molecule has 4 rings (SSSR count). The monoisotopic (exact) mass is 533 g/mol. The number of aromatic nitrogens is 4. The van der Waals surface area contributed by atoms with Gasteiger partial charge in [0.15, 0.2) is 11.0 Å². The van der Waals surface area contributed by atoms with E-state index in [1.54, 1.807) is 23.0 Å². The number of halogens is 4. The van der Waals surface area contributed by atoms with Gasteiger partial charge in [-0.15, -0.1) is 10.2 Å². The fourth-order valence-electron chi connectivity index (χ4n) is 3.28. The average molecular weight is 534 g/mol. The number of hydrogen-bond donors (Lipinski definition) is 1. The topological polar surface area (TPSA) is 81.9 Å². The lowest BCUT2D eigenvalue weighted by Crippen LogP contribution is -2.15. The Morgan fingerprint density at radius 3 is 2.58 bits per heavy atom. The zero-order valence-corrected chi connectivity index (χ0v) is 20.4. The molecule has 0 atom stereocenters. The van der Waals surface area contributed by atoms with Gasteiger partial charge in [-0.1, -0.05) is 23.4 Å². The minimum absolute atomic E-state index is 0.0126. The number of carbonyl (C=O) groups is 1. The number of thioether (sulfide) groups is 1. The Labute approximate surface area is 213 Å². The maximum atomic E-state index is 13.1. The predicted octanol–water partition coefficient (Wildman–Crippen LogP) is 6.13. The van der Waals surface area contributed by atoms with Crippen molar-refractivity contribution in [3.8, 4) is 22.8 Å². The van der Waals surface area contributed by atoms with E-state index in [2.05, 4.69) is 20.5 Å². The van der Waals surface area contributed by atoms with Crippen molar-refractivity contribution in [1.82, 2.24) is 19.7 Å². The number of pyridine rings is 1. The highest BCUT2D eigenvalue weighted by Gasteiger charge is 2.33. The number of ether oxygens (including phenoxy) is 1. The molecule has 2 aromatic heterocycles. The Kier molecular flexibility index (Phi) is 7.80. The van der Waals surface area contributed by atoms with Crippen LogP contribution < -0.4 is 10.1 Å². The number of alkyl halides is 3. The van der Waals surface area contributed by atoms with E-state index in [1.165, 1.54) is 6.07 Å². The molecule has 1 N–H and O–H groups in total. The van der Waals surface area contributed by atoms with Crippen molar-refractivity contribution in [1.29, 1.82) is 0 Å². The van der Waals surface area contributed by atoms with Crippen LogP contribution in [0.2, 0.25) is 5.02 Å². The fourth-order valence-corrected chi connectivity index (χ4v) is 4.26. The van der Waals surface area contributed by atoms with Crippen molar-refractivity contribution < 1.29 is 22.7 Å². The summed E-state index contributed by atoms with van der Waals surface area (Å²) in [5, 5.41) is 11.0. The van der Waals surface area contributed by atoms with Gasteiger partial charge in [0.25, 0.3) is 0 Å². The number of rotatable bonds is 8. The van der Waals surface area contributed by atoms with Crippen LogP contribution in [0.15, 0.2) is 72.1 Å². The second-order valence-corrected chi connectivity index (χ2v) is 8.69. The van der Waals surface area contributed by atoms with Crippen LogP contribution in [-0.2, 0) is 11.0 Å². The van der Waals surface area contributed by atoms with E-state index >= 15 is 0 Å². The van der Waals surface area contributed by atoms with Crippen LogP contribution in [0.25, 0.3) is 17.1 Å². The highest BCUT2D eigenvalue weighted by molar-refractivity contribution is 7.99. The molecule has 0 unspecified atom stereocenters. The molecule has 1 amide bonds. The van der Waals surface area contributed by atoms with Gasteiger partial charge in [-0.05, 0) is 61.5 Å². The van der Waals surface area contributed by atoms with Gasteiger partial charge < -0.3 is 10.1 Å². The van der Waals surface area contributed by atoms with Crippen LogP contribution in [0.1, 0.15) is 12.5 Å². The van der Waals surface area contributed by atoms with Crippen LogP contribution in [0.3, 0.4) is 0 Å². The summed E-state index contributed by atoms with van der Waals surface area (Å²) in [5.41, 5.74) is 0.418. The zero-order chi connectivity index (χ0) is 25.7. The molecule has 0 radical (unpaired) electrons. The smallest absolute Gasteiger partial charge is 0.417 e. The molecule has 0 saturated carbocycles. The Bertz CT molecular complexity index is 1350. The van der Waals surface area contributed by atoms with E-state index in [-0.39, 0.29) is 11.4 Å². The van der Waals surface area contributed by atoms with Gasteiger partial charge in [0.05, 0.1) is 22.9 Å². The SMILES string of the molecule is CCOc1ccc(-n2c(SCC(=O)Nc3ccc(Cl)c(C(F)(F)F)c3)nnc2-c2cccnc2)cc1. The summed E-state index contributed by atoms with van der Waals surface area (Å²) in [4.78, 5) is 16.7. The van der Waals surface area contributed by atoms with Crippen molar-refractivity contribution in [2.24, 2.45) is 0 Å². The Morgan fingerprint density at radius 1 is 1.14 bits per heavy atom. The number of hydrogen-bond acceptors (Lipinski definition) is 6. The van der Waals surface area contributed by atoms with Gasteiger partial charge in [0.2, 0.25) is 5.91 Å². The summed E-state index contributed by atoms with van der Waals surface area (Å²) in [7, 11) is 0. The lowest BCUT2D eigenvalue weighted by Gasteiger charge is -2.12. The summed E-state index contributed by atoms with van der Waals surface area (Å²) in [5.74, 6) is 0.584. The normalized spacial score (nSPS) is 11.4. The van der Waals surface area contributed by atoms with Gasteiger partial charge in [0.1, 0.15) is 5.75 Å². The first-order valence-corrected chi connectivity index (χ1v) is 12.0. The third kappa shape index (κ3) is 5.97. The first kappa shape index (κ1) is 25.5. The largest absolute Gasteiger partial charge is 0.494 e. The van der Waals surface area contributed by atoms with Crippen molar-refractivity contribution in [2.45, 2.75) is 18.3 Å². The highest BCUT2D eigenvalue weighted by Crippen LogP contribution is 2.36. The number of amides is 1. The van der Waals surface area contributed by atoms with Gasteiger partial charge in [-0.3, -0.25) is 14.3 Å². The molecule has 2 heterocycles. The minimum Gasteiger partial charge on any atom is -0.494 e. The molecule has 0 aliphatic heterocycles. The molecule has 36 heavy (non-hydrogen) atoms. The van der Waals surface area contributed by atoms with E-state index in [1.807, 2.05) is 37.3 Å². The number of nitrogens with one attached hydrogen (secondary N) is 1. The number of anilines is 1. The van der Waals surface area contributed by atoms with Crippen LogP contribution >= 0.6 is 23.4 Å². The molecule has 2 aromatic carbocycles. The maximum Gasteiger partial charge on any atom is 0.417 e. The lowest BCUT2D eigenvalue weighted by molar-refractivity contribution is -0.137. The molecule has 0 aliphatic rings. The summed E-state index contributed by atoms with van der Waals surface area (Å²) in [6, 6.07) is 14.1. The number of benzene rings is 2. The van der Waals surface area contributed by atoms with Crippen molar-refractivity contribution >= 4 is 35.0 Å². The molecule has 12 heteroatoms. The van der Waals surface area contributed by atoms with Gasteiger partial charge in [-0.2, -0.15) is 13.2 Å². The quantitative estimate of drug-likeness (QED) is 0.274. The summed E-state index contributed by atoms with van der Waals surface area (Å²) in [6.07, 6.45) is -1.35. The van der Waals surface area contributed by atoms with Crippen molar-refractivity contribution in [3.63, 3.8) is 0 Å². The highest BCUT2D eigenvalue weighted by atomic mass is 35.5. The van der Waals surface area contributed by atoms with Gasteiger partial charge >= 0.3 is 6.18 Å². The average Bonchev–Trinajstić information content (AvgIpc) is 3.28. The molecular weight excluding hydrogens is 515 g/mol.